The fraction of sp³-hybridized carbons (Fsp3) is 0.194. The van der Waals surface area contributed by atoms with Gasteiger partial charge in [-0.05, 0) is 64.2 Å². The van der Waals surface area contributed by atoms with Crippen LogP contribution in [0.2, 0.25) is 0 Å². The summed E-state index contributed by atoms with van der Waals surface area (Å²) in [4.78, 5) is 21.0. The van der Waals surface area contributed by atoms with Crippen molar-refractivity contribution in [3.63, 3.8) is 0 Å². The highest BCUT2D eigenvalue weighted by Gasteiger charge is 2.32. The zero-order valence-corrected chi connectivity index (χ0v) is 24.9. The lowest BCUT2D eigenvalue weighted by atomic mass is 9.99. The van der Waals surface area contributed by atoms with Crippen LogP contribution in [0, 0.1) is 0 Å². The second-order valence-electron chi connectivity index (χ2n) is 10.6. The molecule has 3 aromatic carbocycles. The Kier molecular flexibility index (Phi) is 9.74. The van der Waals surface area contributed by atoms with Gasteiger partial charge in [0.25, 0.3) is 5.91 Å². The van der Waals surface area contributed by atoms with Gasteiger partial charge in [-0.15, -0.1) is 11.8 Å². The van der Waals surface area contributed by atoms with E-state index in [4.69, 9.17) is 9.47 Å². The molecule has 1 amide bonds. The number of pyridine rings is 2. The van der Waals surface area contributed by atoms with E-state index in [-0.39, 0.29) is 24.7 Å². The van der Waals surface area contributed by atoms with Crippen LogP contribution < -0.4 is 5.32 Å². The van der Waals surface area contributed by atoms with E-state index in [1.54, 1.807) is 42.5 Å². The van der Waals surface area contributed by atoms with Crippen molar-refractivity contribution in [2.75, 3.05) is 5.75 Å². The maximum absolute atomic E-state index is 12.5. The van der Waals surface area contributed by atoms with Gasteiger partial charge in [0.2, 0.25) is 0 Å². The molecule has 0 spiro atoms. The van der Waals surface area contributed by atoms with Crippen molar-refractivity contribution < 1.29 is 19.4 Å². The van der Waals surface area contributed by atoms with Crippen LogP contribution >= 0.6 is 11.8 Å². The van der Waals surface area contributed by atoms with Gasteiger partial charge in [-0.3, -0.25) is 9.78 Å². The molecule has 2 N–H and O–H groups in total. The fourth-order valence-electron chi connectivity index (χ4n) is 5.14. The minimum Gasteiger partial charge on any atom is -0.392 e. The first-order valence-electron chi connectivity index (χ1n) is 14.6. The zero-order valence-electron chi connectivity index (χ0n) is 24.1. The van der Waals surface area contributed by atoms with Crippen LogP contribution in [0.3, 0.4) is 0 Å². The summed E-state index contributed by atoms with van der Waals surface area (Å²) in [5, 5.41) is 13.4. The number of carbonyl (C=O) groups is 1. The number of benzene rings is 3. The van der Waals surface area contributed by atoms with E-state index in [0.717, 1.165) is 44.2 Å². The monoisotopic (exact) mass is 603 g/mol. The second-order valence-corrected chi connectivity index (χ2v) is 11.6. The molecule has 7 nitrogen and oxygen atoms in total. The Bertz CT molecular complexity index is 1670. The van der Waals surface area contributed by atoms with E-state index in [1.165, 1.54) is 0 Å². The summed E-state index contributed by atoms with van der Waals surface area (Å²) < 4.78 is 13.1. The molecule has 0 radical (unpaired) electrons. The molecule has 5 aromatic rings. The minimum atomic E-state index is -0.553. The summed E-state index contributed by atoms with van der Waals surface area (Å²) in [6, 6.07) is 33.7. The number of hydrogen-bond donors (Lipinski definition) is 2. The number of aliphatic hydroxyl groups excluding tert-OH is 1. The molecule has 6 rings (SSSR count). The van der Waals surface area contributed by atoms with Gasteiger partial charge in [-0.25, -0.2) is 4.98 Å². The number of thioether (sulfide) groups is 1. The number of nitrogens with one attached hydrogen (secondary N) is 1. The van der Waals surface area contributed by atoms with Crippen molar-refractivity contribution in [3.8, 4) is 11.1 Å². The van der Waals surface area contributed by atoms with Crippen molar-refractivity contribution in [1.82, 2.24) is 15.3 Å². The molecule has 1 saturated heterocycles. The molecule has 222 valence electrons. The van der Waals surface area contributed by atoms with Crippen LogP contribution in [-0.4, -0.2) is 32.8 Å². The van der Waals surface area contributed by atoms with Gasteiger partial charge in [0.1, 0.15) is 0 Å². The lowest BCUT2D eigenvalue weighted by molar-refractivity contribution is -0.245. The van der Waals surface area contributed by atoms with Crippen molar-refractivity contribution in [1.29, 1.82) is 0 Å². The van der Waals surface area contributed by atoms with Crippen molar-refractivity contribution in [3.05, 3.63) is 150 Å². The molecular weight excluding hydrogens is 570 g/mol. The molecular formula is C36H33N3O4S. The average molecular weight is 604 g/mol. The number of hydrogen-bond acceptors (Lipinski definition) is 7. The normalized spacial score (nSPS) is 18.1. The van der Waals surface area contributed by atoms with Crippen molar-refractivity contribution in [2.24, 2.45) is 0 Å². The Labute approximate surface area is 261 Å². The number of aliphatic hydroxyl groups is 1. The molecule has 3 unspecified atom stereocenters. The Morgan fingerprint density at radius 2 is 1.68 bits per heavy atom. The SMILES string of the molecule is O=C(NCc1cccc(-c2cccc(C3OC(CSc4ccccn4)CC(c4ccc(CO)cc4)O3)c2)c1)c1cccnc1. The van der Waals surface area contributed by atoms with E-state index in [9.17, 15) is 9.90 Å². The molecule has 44 heavy (non-hydrogen) atoms. The van der Waals surface area contributed by atoms with Crippen LogP contribution in [0.4, 0.5) is 0 Å². The summed E-state index contributed by atoms with van der Waals surface area (Å²) >= 11 is 1.68. The summed E-state index contributed by atoms with van der Waals surface area (Å²) in [6.45, 7) is 0.411. The lowest BCUT2D eigenvalue weighted by Gasteiger charge is -2.36. The number of rotatable bonds is 10. The van der Waals surface area contributed by atoms with Gasteiger partial charge in [-0.1, -0.05) is 66.7 Å². The van der Waals surface area contributed by atoms with E-state index in [0.29, 0.717) is 18.5 Å². The minimum absolute atomic E-state index is 0.00570. The molecule has 1 aliphatic heterocycles. The first kappa shape index (κ1) is 29.7. The quantitative estimate of drug-likeness (QED) is 0.168. The largest absolute Gasteiger partial charge is 0.392 e. The van der Waals surface area contributed by atoms with E-state index >= 15 is 0 Å². The molecule has 1 aliphatic rings. The smallest absolute Gasteiger partial charge is 0.253 e. The molecule has 2 aromatic heterocycles. The van der Waals surface area contributed by atoms with Crippen LogP contribution in [-0.2, 0) is 22.6 Å². The van der Waals surface area contributed by atoms with Crippen molar-refractivity contribution >= 4 is 17.7 Å². The molecule has 3 atom stereocenters. The number of ether oxygens (including phenoxy) is 2. The first-order valence-corrected chi connectivity index (χ1v) is 15.5. The Hall–Kier alpha value is -4.34. The Balaban J connectivity index is 1.20. The third kappa shape index (κ3) is 7.59. The first-order chi connectivity index (χ1) is 21.6. The summed E-state index contributed by atoms with van der Waals surface area (Å²) in [7, 11) is 0. The molecule has 8 heteroatoms. The third-order valence-corrected chi connectivity index (χ3v) is 8.54. The summed E-state index contributed by atoms with van der Waals surface area (Å²) in [6.07, 6.45) is 4.95. The Morgan fingerprint density at radius 1 is 0.841 bits per heavy atom. The summed E-state index contributed by atoms with van der Waals surface area (Å²) in [5.74, 6) is 0.586. The second kappa shape index (κ2) is 14.4. The highest BCUT2D eigenvalue weighted by molar-refractivity contribution is 7.99. The standard InChI is InChI=1S/C36H33N3O4S/c40-23-25-12-14-27(15-13-25)33-20-32(24-44-34-11-1-2-17-38-34)42-36(43-33)30-9-4-8-29(19-30)28-7-3-6-26(18-28)21-39-35(41)31-10-5-16-37-22-31/h1-19,22,32-33,36,40H,20-21,23-24H2,(H,39,41). The van der Waals surface area contributed by atoms with Gasteiger partial charge in [-0.2, -0.15) is 0 Å². The third-order valence-electron chi connectivity index (χ3n) is 7.47. The van der Waals surface area contributed by atoms with E-state index in [1.807, 2.05) is 66.7 Å². The van der Waals surface area contributed by atoms with Gasteiger partial charge >= 0.3 is 0 Å². The zero-order chi connectivity index (χ0) is 30.1. The van der Waals surface area contributed by atoms with Crippen LogP contribution in [0.25, 0.3) is 11.1 Å². The van der Waals surface area contributed by atoms with Gasteiger partial charge in [0.05, 0.1) is 29.4 Å². The lowest BCUT2D eigenvalue weighted by Crippen LogP contribution is -2.31. The van der Waals surface area contributed by atoms with Gasteiger partial charge in [0, 0.05) is 42.9 Å². The predicted octanol–water partition coefficient (Wildman–Crippen LogP) is 6.90. The molecule has 0 bridgehead atoms. The van der Waals surface area contributed by atoms with Crippen LogP contribution in [0.15, 0.2) is 127 Å². The average Bonchev–Trinajstić information content (AvgIpc) is 3.10. The maximum atomic E-state index is 12.5. The van der Waals surface area contributed by atoms with Crippen LogP contribution in [0.5, 0.6) is 0 Å². The number of amides is 1. The Morgan fingerprint density at radius 3 is 2.45 bits per heavy atom. The highest BCUT2D eigenvalue weighted by Crippen LogP contribution is 2.40. The van der Waals surface area contributed by atoms with Crippen molar-refractivity contribution in [2.45, 2.75) is 43.1 Å². The summed E-state index contributed by atoms with van der Waals surface area (Å²) in [5.41, 5.74) is 6.45. The van der Waals surface area contributed by atoms with E-state index < -0.39 is 6.29 Å². The number of nitrogens with zero attached hydrogens (tertiary/aromatic N) is 2. The highest BCUT2D eigenvalue weighted by atomic mass is 32.2. The van der Waals surface area contributed by atoms with Gasteiger partial charge in [0.15, 0.2) is 6.29 Å². The molecule has 1 fully saturated rings. The van der Waals surface area contributed by atoms with Gasteiger partial charge < -0.3 is 19.9 Å². The predicted molar refractivity (Wildman–Crippen MR) is 171 cm³/mol. The molecule has 0 saturated carbocycles. The number of aromatic nitrogens is 2. The maximum Gasteiger partial charge on any atom is 0.253 e. The van der Waals surface area contributed by atoms with Crippen LogP contribution in [0.1, 0.15) is 51.4 Å². The topological polar surface area (TPSA) is 93.6 Å². The molecule has 3 heterocycles. The van der Waals surface area contributed by atoms with E-state index in [2.05, 4.69) is 39.6 Å². The number of carbonyl (C=O) groups excluding carboxylic acids is 1. The molecule has 0 aliphatic carbocycles. The fourth-order valence-corrected chi connectivity index (χ4v) is 6.02.